The van der Waals surface area contributed by atoms with Gasteiger partial charge in [-0.3, -0.25) is 0 Å². The highest BCUT2D eigenvalue weighted by Crippen LogP contribution is 2.32. The molecule has 0 radical (unpaired) electrons. The fourth-order valence-corrected chi connectivity index (χ4v) is 3.47. The van der Waals surface area contributed by atoms with Crippen molar-refractivity contribution in [2.75, 3.05) is 6.61 Å². The highest BCUT2D eigenvalue weighted by Gasteiger charge is 2.48. The second-order valence-electron chi connectivity index (χ2n) is 7.97. The number of rotatable bonds is 9. The Morgan fingerprint density at radius 3 is 1.38 bits per heavy atom. The fourth-order valence-electron chi connectivity index (χ4n) is 3.47. The van der Waals surface area contributed by atoms with E-state index in [0.717, 1.165) is 36.4 Å². The lowest BCUT2D eigenvalue weighted by Gasteiger charge is -2.40. The van der Waals surface area contributed by atoms with E-state index in [1.807, 2.05) is 0 Å². The first-order valence-corrected chi connectivity index (χ1v) is 9.97. The molecule has 190 valence electrons. The molecular weight excluding hydrogens is 474 g/mol. The van der Waals surface area contributed by atoms with Gasteiger partial charge in [0.2, 0.25) is 0 Å². The largest absolute Gasteiger partial charge is 0.416 e. The van der Waals surface area contributed by atoms with E-state index in [1.165, 1.54) is 0 Å². The third kappa shape index (κ3) is 6.68. The van der Waals surface area contributed by atoms with Gasteiger partial charge in [-0.2, -0.15) is 26.3 Å². The molecule has 0 aliphatic carbocycles. The van der Waals surface area contributed by atoms with Crippen LogP contribution in [0.4, 0.5) is 26.3 Å². The molecule has 6 nitrogen and oxygen atoms in total. The summed E-state index contributed by atoms with van der Waals surface area (Å²) in [5.74, 6) is 0. The summed E-state index contributed by atoms with van der Waals surface area (Å²) in [6.45, 7) is -1.06. The van der Waals surface area contributed by atoms with E-state index in [-0.39, 0.29) is 11.1 Å². The average Bonchev–Trinajstić information content (AvgIpc) is 2.76. The summed E-state index contributed by atoms with van der Waals surface area (Å²) in [6, 6.07) is 6.85. The van der Waals surface area contributed by atoms with E-state index in [4.69, 9.17) is 5.11 Å². The van der Waals surface area contributed by atoms with Gasteiger partial charge in [0.05, 0.1) is 23.8 Å². The van der Waals surface area contributed by atoms with Crippen molar-refractivity contribution in [3.05, 3.63) is 70.8 Å². The summed E-state index contributed by atoms with van der Waals surface area (Å²) >= 11 is 0. The Bertz CT molecular complexity index is 915. The normalized spacial score (nSPS) is 18.1. The molecule has 5 atom stereocenters. The Labute approximate surface area is 190 Å². The minimum absolute atomic E-state index is 0.0135. The Morgan fingerprint density at radius 2 is 1.00 bits per heavy atom. The summed E-state index contributed by atoms with van der Waals surface area (Å²) in [5.41, 5.74) is -4.59. The Morgan fingerprint density at radius 1 is 0.618 bits per heavy atom. The molecule has 2 rings (SSSR count). The van der Waals surface area contributed by atoms with Crippen LogP contribution in [0, 0.1) is 0 Å². The number of halogens is 6. The number of aliphatic hydroxyl groups excluding tert-OH is 5. The summed E-state index contributed by atoms with van der Waals surface area (Å²) < 4.78 is 76.5. The van der Waals surface area contributed by atoms with Gasteiger partial charge >= 0.3 is 12.4 Å². The number of hydrogen-bond acceptors (Lipinski definition) is 6. The molecule has 0 bridgehead atoms. The maximum absolute atomic E-state index is 12.8. The van der Waals surface area contributed by atoms with Crippen molar-refractivity contribution < 1.29 is 57.0 Å². The van der Waals surface area contributed by atoms with E-state index < -0.39 is 72.9 Å². The topological polar surface area (TPSA) is 121 Å². The molecule has 2 aromatic carbocycles. The zero-order chi connectivity index (χ0) is 25.9. The molecule has 0 heterocycles. The summed E-state index contributed by atoms with van der Waals surface area (Å²) in [4.78, 5) is 0. The number of alkyl halides is 6. The van der Waals surface area contributed by atoms with E-state index in [1.54, 1.807) is 0 Å². The van der Waals surface area contributed by atoms with Gasteiger partial charge in [0.25, 0.3) is 0 Å². The van der Waals surface area contributed by atoms with Crippen molar-refractivity contribution in [2.24, 2.45) is 0 Å². The molecular formula is C22H24F6O6. The number of aliphatic hydroxyl groups is 6. The molecule has 0 aliphatic heterocycles. The molecule has 2 aromatic rings. The van der Waals surface area contributed by atoms with Crippen LogP contribution in [0.1, 0.15) is 22.3 Å². The van der Waals surface area contributed by atoms with Crippen molar-refractivity contribution in [2.45, 2.75) is 55.2 Å². The van der Waals surface area contributed by atoms with Crippen LogP contribution >= 0.6 is 0 Å². The van der Waals surface area contributed by atoms with Crippen molar-refractivity contribution in [3.63, 3.8) is 0 Å². The van der Waals surface area contributed by atoms with Crippen LogP contribution in [0.2, 0.25) is 0 Å². The number of benzene rings is 2. The molecule has 0 aliphatic rings. The monoisotopic (exact) mass is 498 g/mol. The lowest BCUT2D eigenvalue weighted by Crippen LogP contribution is -2.62. The summed E-state index contributed by atoms with van der Waals surface area (Å²) in [5, 5.41) is 61.4. The van der Waals surface area contributed by atoms with Gasteiger partial charge < -0.3 is 30.6 Å². The predicted molar refractivity (Wildman–Crippen MR) is 106 cm³/mol. The Kier molecular flexibility index (Phi) is 8.72. The van der Waals surface area contributed by atoms with Crippen molar-refractivity contribution in [1.29, 1.82) is 0 Å². The van der Waals surface area contributed by atoms with Crippen molar-refractivity contribution in [3.8, 4) is 0 Å². The lowest BCUT2D eigenvalue weighted by molar-refractivity contribution is -0.203. The standard InChI is InChI=1S/C22H24F6O6/c23-21(24,25)14-5-1-12(2-6-14)9-16(30)18(32)20(34,19(33)17(31)11-29)10-13-3-7-15(8-4-13)22(26,27)28/h1-8,16-19,29-34H,9-11H2/t16?,17-,18+,19+,20+/m0/s1. The van der Waals surface area contributed by atoms with Gasteiger partial charge in [-0.1, -0.05) is 24.3 Å². The van der Waals surface area contributed by atoms with Crippen LogP contribution in [0.3, 0.4) is 0 Å². The van der Waals surface area contributed by atoms with E-state index in [0.29, 0.717) is 12.1 Å². The predicted octanol–water partition coefficient (Wildman–Crippen LogP) is 1.68. The zero-order valence-corrected chi connectivity index (χ0v) is 17.5. The second kappa shape index (κ2) is 10.6. The first-order valence-electron chi connectivity index (χ1n) is 9.97. The van der Waals surface area contributed by atoms with Gasteiger partial charge in [-0.15, -0.1) is 0 Å². The van der Waals surface area contributed by atoms with Gasteiger partial charge in [0.15, 0.2) is 0 Å². The maximum atomic E-state index is 12.8. The van der Waals surface area contributed by atoms with Gasteiger partial charge in [-0.25, -0.2) is 0 Å². The summed E-state index contributed by atoms with van der Waals surface area (Å²) in [6.07, 6.45) is -18.8. The Hall–Kier alpha value is -2.22. The van der Waals surface area contributed by atoms with Gasteiger partial charge in [-0.05, 0) is 35.4 Å². The van der Waals surface area contributed by atoms with Gasteiger partial charge in [0.1, 0.15) is 23.9 Å². The number of hydrogen-bond donors (Lipinski definition) is 6. The van der Waals surface area contributed by atoms with Crippen LogP contribution in [-0.4, -0.2) is 67.3 Å². The molecule has 34 heavy (non-hydrogen) atoms. The highest BCUT2D eigenvalue weighted by atomic mass is 19.4. The van der Waals surface area contributed by atoms with E-state index >= 15 is 0 Å². The lowest BCUT2D eigenvalue weighted by atomic mass is 9.78. The van der Waals surface area contributed by atoms with Crippen LogP contribution in [0.25, 0.3) is 0 Å². The molecule has 0 amide bonds. The molecule has 0 fully saturated rings. The second-order valence-corrected chi connectivity index (χ2v) is 7.97. The molecule has 0 aromatic heterocycles. The third-order valence-electron chi connectivity index (χ3n) is 5.43. The smallest absolute Gasteiger partial charge is 0.394 e. The Balaban J connectivity index is 2.29. The molecule has 12 heteroatoms. The quantitative estimate of drug-likeness (QED) is 0.293. The maximum Gasteiger partial charge on any atom is 0.416 e. The van der Waals surface area contributed by atoms with E-state index in [2.05, 4.69) is 0 Å². The molecule has 0 saturated carbocycles. The fraction of sp³-hybridized carbons (Fsp3) is 0.455. The van der Waals surface area contributed by atoms with Crippen molar-refractivity contribution >= 4 is 0 Å². The van der Waals surface area contributed by atoms with Crippen LogP contribution in [0.5, 0.6) is 0 Å². The molecule has 6 N–H and O–H groups in total. The SMILES string of the molecule is OC[C@H](O)[C@@H](O)[C@@](O)(Cc1ccc(C(F)(F)F)cc1)[C@H](O)C(O)Cc1ccc(C(F)(F)F)cc1. The van der Waals surface area contributed by atoms with E-state index in [9.17, 15) is 51.9 Å². The van der Waals surface area contributed by atoms with Crippen LogP contribution in [-0.2, 0) is 25.2 Å². The molecule has 0 saturated heterocycles. The average molecular weight is 498 g/mol. The van der Waals surface area contributed by atoms with Crippen LogP contribution in [0.15, 0.2) is 48.5 Å². The van der Waals surface area contributed by atoms with Crippen LogP contribution < -0.4 is 0 Å². The third-order valence-corrected chi connectivity index (χ3v) is 5.43. The van der Waals surface area contributed by atoms with Gasteiger partial charge in [0, 0.05) is 12.8 Å². The molecule has 1 unspecified atom stereocenters. The first kappa shape index (κ1) is 28.0. The van der Waals surface area contributed by atoms with Crippen molar-refractivity contribution in [1.82, 2.24) is 0 Å². The first-order chi connectivity index (χ1) is 15.6. The zero-order valence-electron chi connectivity index (χ0n) is 17.5. The minimum atomic E-state index is -4.64. The molecule has 0 spiro atoms. The minimum Gasteiger partial charge on any atom is -0.394 e. The highest BCUT2D eigenvalue weighted by molar-refractivity contribution is 5.28. The summed E-state index contributed by atoms with van der Waals surface area (Å²) in [7, 11) is 0.